The van der Waals surface area contributed by atoms with Crippen LogP contribution in [0.2, 0.25) is 0 Å². The summed E-state index contributed by atoms with van der Waals surface area (Å²) in [5.41, 5.74) is 2.15. The number of carbonyl (C=O) groups excluding carboxylic acids is 1. The number of rotatable bonds is 6. The highest BCUT2D eigenvalue weighted by Crippen LogP contribution is 2.66. The van der Waals surface area contributed by atoms with Gasteiger partial charge in [0.15, 0.2) is 0 Å². The van der Waals surface area contributed by atoms with Gasteiger partial charge in [-0.25, -0.2) is 9.78 Å². The van der Waals surface area contributed by atoms with Crippen LogP contribution in [0.3, 0.4) is 0 Å². The highest BCUT2D eigenvalue weighted by atomic mass is 32.1. The molecule has 4 aliphatic carbocycles. The topological polar surface area (TPSA) is 57.3 Å². The maximum atomic E-state index is 13.3. The van der Waals surface area contributed by atoms with Gasteiger partial charge in [0.25, 0.3) is 0 Å². The zero-order valence-electron chi connectivity index (χ0n) is 24.4. The Morgan fingerprint density at radius 2 is 1.79 bits per heavy atom. The monoisotopic (exact) mass is 548 g/mol. The Hall–Kier alpha value is -1.92. The van der Waals surface area contributed by atoms with Crippen LogP contribution in [0, 0.1) is 34.5 Å². The van der Waals surface area contributed by atoms with Crippen molar-refractivity contribution in [2.75, 3.05) is 14.1 Å². The molecule has 0 radical (unpaired) electrons. The molecule has 39 heavy (non-hydrogen) atoms. The number of hydrogen-bond acceptors (Lipinski definition) is 4. The molecule has 1 heterocycles. The Balaban J connectivity index is 1.09. The number of nitrogens with one attached hydrogen (secondary N) is 2. The fourth-order valence-corrected chi connectivity index (χ4v) is 10.7. The predicted molar refractivity (Wildman–Crippen MR) is 160 cm³/mol. The lowest BCUT2D eigenvalue weighted by atomic mass is 9.45. The van der Waals surface area contributed by atoms with Gasteiger partial charge < -0.3 is 15.5 Å². The molecular weight excluding hydrogens is 500 g/mol. The summed E-state index contributed by atoms with van der Waals surface area (Å²) in [4.78, 5) is 20.3. The lowest BCUT2D eigenvalue weighted by molar-refractivity contribution is -0.115. The highest BCUT2D eigenvalue weighted by molar-refractivity contribution is 7.09. The maximum absolute atomic E-state index is 13.3. The van der Waals surface area contributed by atoms with Crippen molar-refractivity contribution in [1.29, 1.82) is 0 Å². The van der Waals surface area contributed by atoms with E-state index in [1.807, 2.05) is 17.6 Å². The summed E-state index contributed by atoms with van der Waals surface area (Å²) in [6, 6.07) is 11.3. The Bertz CT molecular complexity index is 1120. The van der Waals surface area contributed by atoms with Crippen molar-refractivity contribution >= 4 is 17.4 Å². The van der Waals surface area contributed by atoms with Gasteiger partial charge in [0.2, 0.25) is 0 Å². The van der Waals surface area contributed by atoms with Gasteiger partial charge >= 0.3 is 6.03 Å². The van der Waals surface area contributed by atoms with Crippen molar-refractivity contribution in [3.63, 3.8) is 0 Å². The first-order valence-corrected chi connectivity index (χ1v) is 16.3. The van der Waals surface area contributed by atoms with Crippen LogP contribution in [0.5, 0.6) is 0 Å². The van der Waals surface area contributed by atoms with Gasteiger partial charge in [-0.05, 0) is 118 Å². The first kappa shape index (κ1) is 27.3. The molecule has 212 valence electrons. The molecule has 4 fully saturated rings. The van der Waals surface area contributed by atoms with Gasteiger partial charge in [-0.15, -0.1) is 11.3 Å². The number of aromatic nitrogens is 1. The van der Waals surface area contributed by atoms with Crippen LogP contribution in [0.4, 0.5) is 4.79 Å². The summed E-state index contributed by atoms with van der Waals surface area (Å²) in [6.07, 6.45) is 14.4. The number of amides is 2. The highest BCUT2D eigenvalue weighted by Gasteiger charge is 2.60. The van der Waals surface area contributed by atoms with E-state index in [4.69, 9.17) is 0 Å². The molecule has 1 aromatic carbocycles. The predicted octanol–water partition coefficient (Wildman–Crippen LogP) is 7.07. The third-order valence-electron chi connectivity index (χ3n) is 11.9. The standard InChI is InChI=1S/C33H48N4OS/c1-32-16-14-24(35-31(38)36-28(30-34-18-19-39-30)20-22-8-6-5-7-9-22)21-23(32)10-11-25-26-12-13-29(37(3)4)33(26,2)17-15-27(25)32/h5-9,18-19,23-29H,10-17,20-21H2,1-4H3,(H2,35,36,38)/t23-,24-,25-,26-,27-,28-,29+,32-,33-/m0/s1. The zero-order chi connectivity index (χ0) is 27.2. The minimum absolute atomic E-state index is 0.0393. The van der Waals surface area contributed by atoms with E-state index in [0.717, 1.165) is 54.0 Å². The van der Waals surface area contributed by atoms with Crippen LogP contribution in [-0.2, 0) is 6.42 Å². The van der Waals surface area contributed by atoms with Crippen molar-refractivity contribution in [1.82, 2.24) is 20.5 Å². The zero-order valence-corrected chi connectivity index (χ0v) is 25.2. The second kappa shape index (κ2) is 10.8. The fourth-order valence-electron chi connectivity index (χ4n) is 10.1. The smallest absolute Gasteiger partial charge is 0.315 e. The molecule has 0 saturated heterocycles. The maximum Gasteiger partial charge on any atom is 0.315 e. The van der Waals surface area contributed by atoms with Gasteiger partial charge in [-0.1, -0.05) is 44.2 Å². The summed E-state index contributed by atoms with van der Waals surface area (Å²) in [7, 11) is 4.60. The van der Waals surface area contributed by atoms with E-state index in [9.17, 15) is 4.79 Å². The van der Waals surface area contributed by atoms with E-state index in [2.05, 4.69) is 72.7 Å². The quantitative estimate of drug-likeness (QED) is 0.406. The van der Waals surface area contributed by atoms with Gasteiger partial charge in [0.05, 0.1) is 6.04 Å². The summed E-state index contributed by atoms with van der Waals surface area (Å²) in [6.45, 7) is 5.25. The number of thiazole rings is 1. The van der Waals surface area contributed by atoms with Gasteiger partial charge in [0.1, 0.15) is 5.01 Å². The van der Waals surface area contributed by atoms with Gasteiger partial charge in [-0.3, -0.25) is 0 Å². The second-order valence-corrected chi connectivity index (χ2v) is 14.9. The van der Waals surface area contributed by atoms with E-state index >= 15 is 0 Å². The molecule has 4 aliphatic rings. The molecule has 6 heteroatoms. The minimum atomic E-state index is -0.106. The summed E-state index contributed by atoms with van der Waals surface area (Å²) >= 11 is 1.61. The molecular formula is C33H48N4OS. The molecule has 4 saturated carbocycles. The van der Waals surface area contributed by atoms with E-state index in [-0.39, 0.29) is 18.1 Å². The van der Waals surface area contributed by atoms with Crippen molar-refractivity contribution in [3.8, 4) is 0 Å². The molecule has 0 aliphatic heterocycles. The number of carbonyl (C=O) groups is 1. The van der Waals surface area contributed by atoms with Crippen LogP contribution in [0.1, 0.15) is 88.2 Å². The molecule has 2 N–H and O–H groups in total. The van der Waals surface area contributed by atoms with Gasteiger partial charge in [-0.2, -0.15) is 0 Å². The van der Waals surface area contributed by atoms with Crippen molar-refractivity contribution in [2.45, 2.75) is 96.2 Å². The normalized spacial score (nSPS) is 38.4. The lowest BCUT2D eigenvalue weighted by Crippen LogP contribution is -2.57. The number of fused-ring (bicyclic) bond motifs is 5. The minimum Gasteiger partial charge on any atom is -0.335 e. The fraction of sp³-hybridized carbons (Fsp3) is 0.697. The average molecular weight is 549 g/mol. The third-order valence-corrected chi connectivity index (χ3v) is 12.8. The van der Waals surface area contributed by atoms with Crippen LogP contribution in [0.25, 0.3) is 0 Å². The molecule has 0 spiro atoms. The number of nitrogens with zero attached hydrogens (tertiary/aromatic N) is 2. The SMILES string of the molecule is CN(C)[C@@H]1CC[C@H]2[C@@H]3CC[C@H]4C[C@@H](NC(=O)N[C@@H](Cc5ccccc5)c5nccs5)CC[C@]4(C)[C@H]3CC[C@@]21C. The third kappa shape index (κ3) is 5.05. The van der Waals surface area contributed by atoms with Crippen molar-refractivity contribution < 1.29 is 4.79 Å². The van der Waals surface area contributed by atoms with E-state index < -0.39 is 0 Å². The Kier molecular flexibility index (Phi) is 7.56. The number of urea groups is 1. The Labute approximate surface area is 239 Å². The summed E-state index contributed by atoms with van der Waals surface area (Å²) < 4.78 is 0. The lowest BCUT2D eigenvalue weighted by Gasteiger charge is -2.61. The van der Waals surface area contributed by atoms with E-state index in [1.54, 1.807) is 11.3 Å². The Morgan fingerprint density at radius 3 is 2.54 bits per heavy atom. The average Bonchev–Trinajstić information content (AvgIpc) is 3.57. The van der Waals surface area contributed by atoms with Crippen molar-refractivity contribution in [3.05, 3.63) is 52.5 Å². The number of hydrogen-bond donors (Lipinski definition) is 2. The Morgan fingerprint density at radius 1 is 1.03 bits per heavy atom. The molecule has 1 aromatic heterocycles. The summed E-state index contributed by atoms with van der Waals surface area (Å²) in [5, 5.41) is 9.64. The van der Waals surface area contributed by atoms with Gasteiger partial charge in [0, 0.05) is 23.7 Å². The van der Waals surface area contributed by atoms with Crippen LogP contribution < -0.4 is 10.6 Å². The number of benzene rings is 1. The van der Waals surface area contributed by atoms with Crippen LogP contribution in [-0.4, -0.2) is 42.1 Å². The van der Waals surface area contributed by atoms with Crippen molar-refractivity contribution in [2.24, 2.45) is 34.5 Å². The second-order valence-electron chi connectivity index (χ2n) is 14.0. The molecule has 9 atom stereocenters. The molecule has 2 aromatic rings. The first-order valence-electron chi connectivity index (χ1n) is 15.4. The molecule has 2 amide bonds. The molecule has 5 nitrogen and oxygen atoms in total. The van der Waals surface area contributed by atoms with Crippen LogP contribution in [0.15, 0.2) is 41.9 Å². The van der Waals surface area contributed by atoms with E-state index in [1.165, 1.54) is 50.5 Å². The van der Waals surface area contributed by atoms with E-state index in [0.29, 0.717) is 10.8 Å². The first-order chi connectivity index (χ1) is 18.8. The largest absolute Gasteiger partial charge is 0.335 e. The molecule has 0 bridgehead atoms. The van der Waals surface area contributed by atoms with Crippen LogP contribution >= 0.6 is 11.3 Å². The molecule has 6 rings (SSSR count). The summed E-state index contributed by atoms with van der Waals surface area (Å²) in [5.74, 6) is 3.40. The molecule has 0 unspecified atom stereocenters.